The normalized spacial score (nSPS) is 10.2. The third-order valence-corrected chi connectivity index (χ3v) is 2.84. The first-order valence-corrected chi connectivity index (χ1v) is 6.40. The number of nitrogen functional groups attached to an aromatic ring is 1. The van der Waals surface area contributed by atoms with Crippen LogP contribution in [0.2, 0.25) is 5.02 Å². The quantitative estimate of drug-likeness (QED) is 0.670. The fraction of sp³-hybridized carbons (Fsp3) is 0.200. The van der Waals surface area contributed by atoms with Gasteiger partial charge >= 0.3 is 0 Å². The van der Waals surface area contributed by atoms with Gasteiger partial charge in [-0.05, 0) is 48.9 Å². The van der Waals surface area contributed by atoms with Gasteiger partial charge in [-0.3, -0.25) is 0 Å². The van der Waals surface area contributed by atoms with E-state index in [2.05, 4.69) is 0 Å². The maximum absolute atomic E-state index is 5.82. The van der Waals surface area contributed by atoms with Gasteiger partial charge in [-0.15, -0.1) is 0 Å². The van der Waals surface area contributed by atoms with E-state index in [0.717, 1.165) is 11.3 Å². The van der Waals surface area contributed by atoms with Crippen molar-refractivity contribution in [3.05, 3.63) is 53.1 Å². The zero-order valence-corrected chi connectivity index (χ0v) is 11.5. The van der Waals surface area contributed by atoms with Crippen LogP contribution in [0.25, 0.3) is 0 Å². The zero-order valence-electron chi connectivity index (χ0n) is 10.7. The van der Waals surface area contributed by atoms with Crippen LogP contribution in [0, 0.1) is 6.92 Å². The van der Waals surface area contributed by atoms with E-state index < -0.39 is 0 Å². The number of aryl methyl sites for hydroxylation is 1. The van der Waals surface area contributed by atoms with Crippen molar-refractivity contribution in [2.45, 2.75) is 6.92 Å². The molecule has 0 atom stereocenters. The third-order valence-electron chi connectivity index (χ3n) is 2.59. The molecule has 0 aliphatic rings. The maximum atomic E-state index is 5.82. The van der Waals surface area contributed by atoms with Gasteiger partial charge in [0.1, 0.15) is 24.7 Å². The lowest BCUT2D eigenvalue weighted by Crippen LogP contribution is -2.10. The second-order valence-corrected chi connectivity index (χ2v) is 4.63. The van der Waals surface area contributed by atoms with Crippen molar-refractivity contribution in [3.63, 3.8) is 0 Å². The Morgan fingerprint density at radius 2 is 1.68 bits per heavy atom. The van der Waals surface area contributed by atoms with Crippen LogP contribution in [0.1, 0.15) is 5.56 Å². The molecule has 0 unspecified atom stereocenters. The van der Waals surface area contributed by atoms with E-state index in [0.29, 0.717) is 29.7 Å². The van der Waals surface area contributed by atoms with E-state index in [1.54, 1.807) is 12.1 Å². The Morgan fingerprint density at radius 3 is 2.42 bits per heavy atom. The molecule has 0 saturated carbocycles. The van der Waals surface area contributed by atoms with E-state index in [4.69, 9.17) is 26.8 Å². The summed E-state index contributed by atoms with van der Waals surface area (Å²) in [5.74, 6) is 1.46. The maximum Gasteiger partial charge on any atom is 0.142 e. The first-order chi connectivity index (χ1) is 9.15. The summed E-state index contributed by atoms with van der Waals surface area (Å²) in [4.78, 5) is 0. The van der Waals surface area contributed by atoms with Crippen LogP contribution in [-0.4, -0.2) is 13.2 Å². The summed E-state index contributed by atoms with van der Waals surface area (Å²) in [5.41, 5.74) is 7.57. The first-order valence-electron chi connectivity index (χ1n) is 6.02. The fourth-order valence-electron chi connectivity index (χ4n) is 1.61. The SMILES string of the molecule is Cc1ccc(N)c(OCCOc2ccc(Cl)cc2)c1. The second kappa shape index (κ2) is 6.34. The lowest BCUT2D eigenvalue weighted by Gasteiger charge is -2.10. The molecule has 0 saturated heterocycles. The van der Waals surface area contributed by atoms with Crippen LogP contribution in [0.15, 0.2) is 42.5 Å². The summed E-state index contributed by atoms with van der Waals surface area (Å²) in [6.07, 6.45) is 0. The molecule has 0 heterocycles. The van der Waals surface area contributed by atoms with Crippen LogP contribution in [0.3, 0.4) is 0 Å². The van der Waals surface area contributed by atoms with Gasteiger partial charge in [-0.25, -0.2) is 0 Å². The molecule has 0 bridgehead atoms. The third kappa shape index (κ3) is 4.07. The fourth-order valence-corrected chi connectivity index (χ4v) is 1.73. The summed E-state index contributed by atoms with van der Waals surface area (Å²) >= 11 is 5.79. The molecule has 4 heteroatoms. The van der Waals surface area contributed by atoms with Crippen LogP contribution >= 0.6 is 11.6 Å². The highest BCUT2D eigenvalue weighted by Gasteiger charge is 2.00. The molecule has 0 aliphatic heterocycles. The van der Waals surface area contributed by atoms with Crippen LogP contribution in [0.4, 0.5) is 5.69 Å². The molecule has 2 rings (SSSR count). The van der Waals surface area contributed by atoms with Gasteiger partial charge < -0.3 is 15.2 Å². The van der Waals surface area contributed by atoms with E-state index >= 15 is 0 Å². The van der Waals surface area contributed by atoms with Gasteiger partial charge in [0.2, 0.25) is 0 Å². The molecular weight excluding hydrogens is 262 g/mol. The van der Waals surface area contributed by atoms with Gasteiger partial charge in [-0.2, -0.15) is 0 Å². The van der Waals surface area contributed by atoms with E-state index in [-0.39, 0.29) is 0 Å². The van der Waals surface area contributed by atoms with E-state index in [1.165, 1.54) is 0 Å². The van der Waals surface area contributed by atoms with Crippen molar-refractivity contribution < 1.29 is 9.47 Å². The molecular formula is C15H16ClNO2. The second-order valence-electron chi connectivity index (χ2n) is 4.19. The largest absolute Gasteiger partial charge is 0.490 e. The van der Waals surface area contributed by atoms with Crippen LogP contribution < -0.4 is 15.2 Å². The van der Waals surface area contributed by atoms with Gasteiger partial charge in [-0.1, -0.05) is 17.7 Å². The Bertz CT molecular complexity index is 540. The standard InChI is InChI=1S/C15H16ClNO2/c1-11-2-7-14(17)15(10-11)19-9-8-18-13-5-3-12(16)4-6-13/h2-7,10H,8-9,17H2,1H3. The predicted octanol–water partition coefficient (Wildman–Crippen LogP) is 3.69. The molecule has 100 valence electrons. The average Bonchev–Trinajstić information content (AvgIpc) is 2.40. The summed E-state index contributed by atoms with van der Waals surface area (Å²) in [6.45, 7) is 2.89. The smallest absolute Gasteiger partial charge is 0.142 e. The number of halogens is 1. The number of rotatable bonds is 5. The van der Waals surface area contributed by atoms with Crippen molar-refractivity contribution in [1.82, 2.24) is 0 Å². The number of benzene rings is 2. The van der Waals surface area contributed by atoms with Gasteiger partial charge in [0.25, 0.3) is 0 Å². The van der Waals surface area contributed by atoms with Crippen molar-refractivity contribution in [2.75, 3.05) is 18.9 Å². The molecule has 2 aromatic carbocycles. The van der Waals surface area contributed by atoms with E-state index in [1.807, 2.05) is 37.3 Å². The summed E-state index contributed by atoms with van der Waals surface area (Å²) in [7, 11) is 0. The molecule has 19 heavy (non-hydrogen) atoms. The number of hydrogen-bond acceptors (Lipinski definition) is 3. The molecule has 0 aromatic heterocycles. The van der Waals surface area contributed by atoms with Gasteiger partial charge in [0.15, 0.2) is 0 Å². The molecule has 0 fully saturated rings. The topological polar surface area (TPSA) is 44.5 Å². The van der Waals surface area contributed by atoms with Gasteiger partial charge in [0.05, 0.1) is 5.69 Å². The zero-order chi connectivity index (χ0) is 13.7. The Hall–Kier alpha value is -1.87. The van der Waals surface area contributed by atoms with Crippen LogP contribution in [0.5, 0.6) is 11.5 Å². The minimum atomic E-state index is 0.441. The molecule has 0 amide bonds. The lowest BCUT2D eigenvalue weighted by molar-refractivity contribution is 0.218. The monoisotopic (exact) mass is 277 g/mol. The molecule has 3 nitrogen and oxygen atoms in total. The van der Waals surface area contributed by atoms with Gasteiger partial charge in [0, 0.05) is 5.02 Å². The van der Waals surface area contributed by atoms with Crippen molar-refractivity contribution in [2.24, 2.45) is 0 Å². The predicted molar refractivity (Wildman–Crippen MR) is 78.0 cm³/mol. The average molecular weight is 278 g/mol. The lowest BCUT2D eigenvalue weighted by atomic mass is 10.2. The highest BCUT2D eigenvalue weighted by molar-refractivity contribution is 6.30. The van der Waals surface area contributed by atoms with Crippen molar-refractivity contribution in [3.8, 4) is 11.5 Å². The highest BCUT2D eigenvalue weighted by atomic mass is 35.5. The van der Waals surface area contributed by atoms with Crippen molar-refractivity contribution >= 4 is 17.3 Å². The van der Waals surface area contributed by atoms with E-state index in [9.17, 15) is 0 Å². The summed E-state index contributed by atoms with van der Waals surface area (Å²) in [6, 6.07) is 12.9. The molecule has 2 aromatic rings. The number of hydrogen-bond donors (Lipinski definition) is 1. The first kappa shape index (κ1) is 13.6. The Balaban J connectivity index is 1.80. The highest BCUT2D eigenvalue weighted by Crippen LogP contribution is 2.22. The van der Waals surface area contributed by atoms with Crippen LogP contribution in [-0.2, 0) is 0 Å². The summed E-state index contributed by atoms with van der Waals surface area (Å²) in [5, 5.41) is 0.691. The molecule has 0 spiro atoms. The minimum absolute atomic E-state index is 0.441. The minimum Gasteiger partial charge on any atom is -0.490 e. The van der Waals surface area contributed by atoms with Crippen molar-refractivity contribution in [1.29, 1.82) is 0 Å². The molecule has 2 N–H and O–H groups in total. The Morgan fingerprint density at radius 1 is 1.00 bits per heavy atom. The Kier molecular flexibility index (Phi) is 4.53. The Labute approximate surface area is 117 Å². The molecule has 0 radical (unpaired) electrons. The number of nitrogens with two attached hydrogens (primary N) is 1. The number of ether oxygens (including phenoxy) is 2. The summed E-state index contributed by atoms with van der Waals surface area (Å²) < 4.78 is 11.1. The molecule has 0 aliphatic carbocycles. The number of anilines is 1.